The zero-order valence-corrected chi connectivity index (χ0v) is 20.1. The van der Waals surface area contributed by atoms with E-state index in [1.165, 1.54) is 10.6 Å². The lowest BCUT2D eigenvalue weighted by Crippen LogP contribution is -2.36. The maximum absolute atomic E-state index is 13.1. The van der Waals surface area contributed by atoms with Crippen LogP contribution in [-0.4, -0.2) is 24.0 Å². The van der Waals surface area contributed by atoms with Crippen molar-refractivity contribution in [3.63, 3.8) is 0 Å². The van der Waals surface area contributed by atoms with E-state index in [2.05, 4.69) is 39.0 Å². The van der Waals surface area contributed by atoms with Crippen LogP contribution in [0.4, 0.5) is 0 Å². The molecule has 5 nitrogen and oxygen atoms in total. The van der Waals surface area contributed by atoms with Gasteiger partial charge in [-0.25, -0.2) is 9.86 Å². The molecule has 0 bridgehead atoms. The summed E-state index contributed by atoms with van der Waals surface area (Å²) in [6.45, 7) is 6.86. The average Bonchev–Trinajstić information content (AvgIpc) is 2.88. The van der Waals surface area contributed by atoms with Gasteiger partial charge in [-0.15, -0.1) is 0 Å². The molecular weight excluding hydrogens is 426 g/mol. The number of hydrogen-bond donors (Lipinski definition) is 0. The van der Waals surface area contributed by atoms with Gasteiger partial charge in [0.15, 0.2) is 0 Å². The van der Waals surface area contributed by atoms with Crippen LogP contribution in [0.1, 0.15) is 70.2 Å². The molecule has 3 aromatic rings. The molecule has 0 heterocycles. The zero-order valence-electron chi connectivity index (χ0n) is 20.1. The van der Waals surface area contributed by atoms with E-state index in [9.17, 15) is 9.59 Å². The van der Waals surface area contributed by atoms with Gasteiger partial charge < -0.3 is 4.74 Å². The van der Waals surface area contributed by atoms with Gasteiger partial charge in [0, 0.05) is 12.6 Å². The molecule has 0 spiro atoms. The molecule has 0 saturated heterocycles. The maximum Gasteiger partial charge on any atom is 0.338 e. The largest absolute Gasteiger partial charge is 0.457 e. The molecule has 0 aliphatic heterocycles. The van der Waals surface area contributed by atoms with Gasteiger partial charge in [-0.1, -0.05) is 75.4 Å². The van der Waals surface area contributed by atoms with Crippen LogP contribution in [-0.2, 0) is 16.2 Å². The molecule has 3 aromatic carbocycles. The normalized spacial score (nSPS) is 21.4. The minimum absolute atomic E-state index is 0.203. The first-order chi connectivity index (χ1) is 16.4. The minimum Gasteiger partial charge on any atom is -0.457 e. The van der Waals surface area contributed by atoms with Crippen LogP contribution < -0.4 is 0 Å². The number of ether oxygens (including phenoxy) is 1. The van der Waals surface area contributed by atoms with Crippen molar-refractivity contribution in [1.29, 1.82) is 0 Å². The van der Waals surface area contributed by atoms with Gasteiger partial charge >= 0.3 is 5.97 Å². The van der Waals surface area contributed by atoms with Crippen LogP contribution in [0.5, 0.6) is 0 Å². The Hall–Kier alpha value is -3.44. The Labute approximate surface area is 201 Å². The first-order valence-corrected chi connectivity index (χ1v) is 11.7. The third kappa shape index (κ3) is 4.90. The number of carbonyl (C=O) groups excluding carboxylic acids is 2. The Morgan fingerprint density at radius 2 is 1.35 bits per heavy atom. The van der Waals surface area contributed by atoms with Crippen LogP contribution in [0.2, 0.25) is 0 Å². The van der Waals surface area contributed by atoms with E-state index >= 15 is 0 Å². The van der Waals surface area contributed by atoms with Crippen LogP contribution in [0.25, 0.3) is 0 Å². The summed E-state index contributed by atoms with van der Waals surface area (Å²) >= 11 is 0. The van der Waals surface area contributed by atoms with Crippen molar-refractivity contribution in [2.24, 2.45) is 11.8 Å². The lowest BCUT2D eigenvalue weighted by molar-refractivity contribution is -0.176. The second kappa shape index (κ2) is 10.2. The number of hydrogen-bond acceptors (Lipinski definition) is 4. The fourth-order valence-corrected chi connectivity index (χ4v) is 4.59. The summed E-state index contributed by atoms with van der Waals surface area (Å²) in [5, 5.41) is 1.31. The van der Waals surface area contributed by atoms with Crippen molar-refractivity contribution in [2.45, 2.75) is 39.4 Å². The minimum atomic E-state index is -0.428. The van der Waals surface area contributed by atoms with E-state index in [-0.39, 0.29) is 24.5 Å². The SMILES string of the molecule is CC1c2ccccc2C(ON(C)C(=O)c2ccc(C(=O)OCc3ccccc3)cc2)C(C)C1C. The number of benzene rings is 3. The van der Waals surface area contributed by atoms with Crippen molar-refractivity contribution < 1.29 is 19.2 Å². The lowest BCUT2D eigenvalue weighted by Gasteiger charge is -2.41. The summed E-state index contributed by atoms with van der Waals surface area (Å²) < 4.78 is 5.37. The quantitative estimate of drug-likeness (QED) is 0.328. The topological polar surface area (TPSA) is 55.8 Å². The summed E-state index contributed by atoms with van der Waals surface area (Å²) in [6, 6.07) is 24.3. The second-order valence-corrected chi connectivity index (χ2v) is 9.10. The number of nitrogens with zero attached hydrogens (tertiary/aromatic N) is 1. The monoisotopic (exact) mass is 457 g/mol. The number of amides is 1. The predicted octanol–water partition coefficient (Wildman–Crippen LogP) is 6.18. The highest BCUT2D eigenvalue weighted by Crippen LogP contribution is 2.46. The number of fused-ring (bicyclic) bond motifs is 1. The van der Waals surface area contributed by atoms with E-state index in [0.29, 0.717) is 23.0 Å². The molecule has 34 heavy (non-hydrogen) atoms. The van der Waals surface area contributed by atoms with Gasteiger partial charge in [-0.3, -0.25) is 9.63 Å². The fraction of sp³-hybridized carbons (Fsp3) is 0.310. The summed E-state index contributed by atoms with van der Waals surface area (Å²) in [6.07, 6.45) is -0.205. The van der Waals surface area contributed by atoms with E-state index in [0.717, 1.165) is 11.1 Å². The number of esters is 1. The van der Waals surface area contributed by atoms with Gasteiger partial charge in [0.25, 0.3) is 5.91 Å². The fourth-order valence-electron chi connectivity index (χ4n) is 4.59. The van der Waals surface area contributed by atoms with Gasteiger partial charge in [0.1, 0.15) is 12.7 Å². The van der Waals surface area contributed by atoms with Gasteiger partial charge in [-0.2, -0.15) is 0 Å². The second-order valence-electron chi connectivity index (χ2n) is 9.10. The third-order valence-corrected chi connectivity index (χ3v) is 7.03. The van der Waals surface area contributed by atoms with E-state index in [1.807, 2.05) is 36.4 Å². The Morgan fingerprint density at radius 1 is 0.765 bits per heavy atom. The molecule has 1 aliphatic carbocycles. The molecule has 0 saturated carbocycles. The number of hydroxylamine groups is 2. The van der Waals surface area contributed by atoms with Gasteiger partial charge in [-0.05, 0) is 58.7 Å². The van der Waals surface area contributed by atoms with Crippen molar-refractivity contribution >= 4 is 11.9 Å². The molecular formula is C29H31NO4. The maximum atomic E-state index is 13.1. The van der Waals surface area contributed by atoms with E-state index in [4.69, 9.17) is 9.57 Å². The molecule has 0 radical (unpaired) electrons. The van der Waals surface area contributed by atoms with Crippen molar-refractivity contribution in [3.05, 3.63) is 107 Å². The number of carbonyl (C=O) groups is 2. The molecule has 4 atom stereocenters. The number of rotatable bonds is 6. The van der Waals surface area contributed by atoms with E-state index < -0.39 is 5.97 Å². The van der Waals surface area contributed by atoms with Crippen molar-refractivity contribution in [2.75, 3.05) is 7.05 Å². The lowest BCUT2D eigenvalue weighted by atomic mass is 9.70. The summed E-state index contributed by atoms with van der Waals surface area (Å²) in [7, 11) is 1.64. The van der Waals surface area contributed by atoms with Crippen molar-refractivity contribution in [1.82, 2.24) is 5.06 Å². The molecule has 4 rings (SSSR count). The van der Waals surface area contributed by atoms with Crippen LogP contribution >= 0.6 is 0 Å². The standard InChI is InChI=1S/C29H31NO4/c1-19-20(2)25-12-8-9-13-26(25)27(21(19)3)34-30(4)28(31)23-14-16-24(17-15-23)29(32)33-18-22-10-6-5-7-11-22/h5-17,19-21,27H,18H2,1-4H3. The average molecular weight is 458 g/mol. The van der Waals surface area contributed by atoms with Gasteiger partial charge in [0.05, 0.1) is 5.56 Å². The highest BCUT2D eigenvalue weighted by Gasteiger charge is 2.38. The van der Waals surface area contributed by atoms with Crippen LogP contribution in [0.3, 0.4) is 0 Å². The Kier molecular flexibility index (Phi) is 7.13. The molecule has 176 valence electrons. The Balaban J connectivity index is 1.42. The van der Waals surface area contributed by atoms with Gasteiger partial charge in [0.2, 0.25) is 0 Å². The molecule has 5 heteroatoms. The first kappa shape index (κ1) is 23.7. The summed E-state index contributed by atoms with van der Waals surface area (Å²) in [5.41, 5.74) is 4.17. The van der Waals surface area contributed by atoms with Crippen LogP contribution in [0, 0.1) is 11.8 Å². The molecule has 0 N–H and O–H groups in total. The van der Waals surface area contributed by atoms with E-state index in [1.54, 1.807) is 31.3 Å². The Bertz CT molecular complexity index is 1140. The molecule has 0 fully saturated rings. The molecule has 4 unspecified atom stereocenters. The highest BCUT2D eigenvalue weighted by atomic mass is 16.7. The molecule has 1 amide bonds. The Morgan fingerprint density at radius 3 is 2.03 bits per heavy atom. The van der Waals surface area contributed by atoms with Crippen LogP contribution in [0.15, 0.2) is 78.9 Å². The molecule has 1 aliphatic rings. The first-order valence-electron chi connectivity index (χ1n) is 11.7. The summed E-state index contributed by atoms with van der Waals surface area (Å²) in [5.74, 6) is 0.413. The smallest absolute Gasteiger partial charge is 0.338 e. The zero-order chi connectivity index (χ0) is 24.2. The van der Waals surface area contributed by atoms with Crippen molar-refractivity contribution in [3.8, 4) is 0 Å². The molecule has 0 aromatic heterocycles. The summed E-state index contributed by atoms with van der Waals surface area (Å²) in [4.78, 5) is 31.6. The third-order valence-electron chi connectivity index (χ3n) is 7.03. The highest BCUT2D eigenvalue weighted by molar-refractivity contribution is 5.95. The predicted molar refractivity (Wildman–Crippen MR) is 131 cm³/mol.